The Morgan fingerprint density at radius 2 is 1.87 bits per heavy atom. The number of benzene rings is 3. The molecule has 2 aliphatic rings. The van der Waals surface area contributed by atoms with Crippen LogP contribution in [0.2, 0.25) is 0 Å². The number of nitrogens with one attached hydrogen (secondary N) is 2. The molecule has 1 amide bonds. The van der Waals surface area contributed by atoms with E-state index in [1.165, 1.54) is 40.6 Å². The number of hydrogen-bond donors (Lipinski definition) is 2. The van der Waals surface area contributed by atoms with Crippen LogP contribution in [0.15, 0.2) is 72.9 Å². The van der Waals surface area contributed by atoms with Crippen molar-refractivity contribution in [2.45, 2.75) is 51.6 Å². The Bertz CT molecular complexity index is 1480. The van der Waals surface area contributed by atoms with Crippen molar-refractivity contribution in [2.75, 3.05) is 18.6 Å². The van der Waals surface area contributed by atoms with Gasteiger partial charge in [0.15, 0.2) is 0 Å². The van der Waals surface area contributed by atoms with Crippen LogP contribution in [0.1, 0.15) is 55.2 Å². The fraction of sp³-hybridized carbons (Fsp3) is 0.333. The lowest BCUT2D eigenvalue weighted by molar-refractivity contribution is 0.163. The molecule has 2 atom stereocenters. The van der Waals surface area contributed by atoms with Crippen LogP contribution >= 0.6 is 0 Å². The number of imidazole rings is 1. The highest BCUT2D eigenvalue weighted by Gasteiger charge is 2.35. The Balaban J connectivity index is 1.41. The van der Waals surface area contributed by atoms with E-state index in [0.717, 1.165) is 49.3 Å². The molecule has 0 radical (unpaired) electrons. The Labute approximate surface area is 230 Å². The first-order valence-electron chi connectivity index (χ1n) is 14.0. The van der Waals surface area contributed by atoms with E-state index in [4.69, 9.17) is 9.72 Å². The minimum Gasteiger partial charge on any atom is -0.453 e. The molecule has 4 aromatic rings. The zero-order valence-corrected chi connectivity index (χ0v) is 22.9. The average molecular weight is 521 g/mol. The fourth-order valence-corrected chi connectivity index (χ4v) is 6.26. The number of rotatable bonds is 7. The second kappa shape index (κ2) is 10.6. The summed E-state index contributed by atoms with van der Waals surface area (Å²) in [6, 6.07) is 23.8. The topological polar surface area (TPSA) is 70.2 Å². The van der Waals surface area contributed by atoms with Crippen molar-refractivity contribution in [1.82, 2.24) is 15.3 Å². The van der Waals surface area contributed by atoms with Crippen LogP contribution in [0.25, 0.3) is 22.4 Å². The third-order valence-electron chi connectivity index (χ3n) is 8.31. The van der Waals surface area contributed by atoms with E-state index in [1.807, 2.05) is 12.3 Å². The van der Waals surface area contributed by atoms with E-state index in [9.17, 15) is 4.79 Å². The van der Waals surface area contributed by atoms with Crippen LogP contribution in [-0.4, -0.2) is 35.8 Å². The Hall–Kier alpha value is -4.06. The van der Waals surface area contributed by atoms with Gasteiger partial charge in [0.05, 0.1) is 25.0 Å². The molecule has 1 aliphatic heterocycles. The van der Waals surface area contributed by atoms with Crippen LogP contribution in [0.3, 0.4) is 0 Å². The van der Waals surface area contributed by atoms with Crippen molar-refractivity contribution in [3.05, 3.63) is 95.4 Å². The fourth-order valence-electron chi connectivity index (χ4n) is 6.26. The standard InChI is InChI=1S/C33H36N4O2/c1-21(2)28(36-33(38)39-3)19-24-15-16-26-25-13-8-7-12-23(25)18-27(26)31(24)37-17-9-14-30(37)32-34-20-29(35-32)22-10-5-4-6-11-22/h4-8,10-13,15-16,20-21,28,30H,9,14,17-19H2,1-3H3,(H,34,35)(H,36,38)/t28-,30-/m0/s1. The predicted octanol–water partition coefficient (Wildman–Crippen LogP) is 6.91. The number of aromatic nitrogens is 2. The van der Waals surface area contributed by atoms with Crippen molar-refractivity contribution in [3.8, 4) is 22.4 Å². The molecule has 6 heteroatoms. The zero-order valence-electron chi connectivity index (χ0n) is 22.9. The van der Waals surface area contributed by atoms with Crippen LogP contribution in [0, 0.1) is 5.92 Å². The Kier molecular flexibility index (Phi) is 6.86. The highest BCUT2D eigenvalue weighted by Crippen LogP contribution is 2.47. The molecule has 6 rings (SSSR count). The van der Waals surface area contributed by atoms with Gasteiger partial charge in [0.1, 0.15) is 5.82 Å². The molecule has 1 fully saturated rings. The summed E-state index contributed by atoms with van der Waals surface area (Å²) in [6.07, 6.45) is 5.39. The third-order valence-corrected chi connectivity index (χ3v) is 8.31. The second-order valence-electron chi connectivity index (χ2n) is 11.0. The van der Waals surface area contributed by atoms with Crippen LogP contribution in [-0.2, 0) is 17.6 Å². The molecular weight excluding hydrogens is 484 g/mol. The maximum Gasteiger partial charge on any atom is 0.407 e. The summed E-state index contributed by atoms with van der Waals surface area (Å²) < 4.78 is 4.96. The molecule has 39 heavy (non-hydrogen) atoms. The van der Waals surface area contributed by atoms with Gasteiger partial charge in [-0.05, 0) is 58.6 Å². The number of H-pyrrole nitrogens is 1. The Morgan fingerprint density at radius 1 is 1.08 bits per heavy atom. The quantitative estimate of drug-likeness (QED) is 0.245. The van der Waals surface area contributed by atoms with Gasteiger partial charge in [-0.1, -0.05) is 80.6 Å². The van der Waals surface area contributed by atoms with Crippen LogP contribution < -0.4 is 10.2 Å². The second-order valence-corrected chi connectivity index (χ2v) is 11.0. The van der Waals surface area contributed by atoms with Crippen molar-refractivity contribution in [1.29, 1.82) is 0 Å². The number of alkyl carbamates (subject to hydrolysis) is 1. The van der Waals surface area contributed by atoms with Crippen LogP contribution in [0.5, 0.6) is 0 Å². The highest BCUT2D eigenvalue weighted by atomic mass is 16.5. The molecule has 1 aliphatic carbocycles. The third kappa shape index (κ3) is 4.80. The molecule has 200 valence electrons. The lowest BCUT2D eigenvalue weighted by Crippen LogP contribution is -2.40. The van der Waals surface area contributed by atoms with Crippen molar-refractivity contribution in [2.24, 2.45) is 5.92 Å². The van der Waals surface area contributed by atoms with E-state index in [0.29, 0.717) is 0 Å². The monoisotopic (exact) mass is 520 g/mol. The number of anilines is 1. The number of aromatic amines is 1. The number of amides is 1. The minimum absolute atomic E-state index is 0.0348. The van der Waals surface area contributed by atoms with Gasteiger partial charge in [0.2, 0.25) is 0 Å². The number of fused-ring (bicyclic) bond motifs is 3. The van der Waals surface area contributed by atoms with Gasteiger partial charge < -0.3 is 19.9 Å². The molecule has 0 bridgehead atoms. The largest absolute Gasteiger partial charge is 0.453 e. The summed E-state index contributed by atoms with van der Waals surface area (Å²) in [5, 5.41) is 3.08. The first kappa shape index (κ1) is 25.2. The van der Waals surface area contributed by atoms with E-state index >= 15 is 0 Å². The SMILES string of the molecule is COC(=O)N[C@@H](Cc1ccc2c(c1N1CCC[C@H]1c1ncc(-c3ccccc3)[nH]1)Cc1ccccc1-2)C(C)C. The smallest absolute Gasteiger partial charge is 0.407 e. The summed E-state index contributed by atoms with van der Waals surface area (Å²) in [6.45, 7) is 5.27. The van der Waals surface area contributed by atoms with E-state index < -0.39 is 0 Å². The van der Waals surface area contributed by atoms with Crippen molar-refractivity contribution >= 4 is 11.8 Å². The van der Waals surface area contributed by atoms with Gasteiger partial charge in [-0.2, -0.15) is 0 Å². The number of methoxy groups -OCH3 is 1. The van der Waals surface area contributed by atoms with E-state index in [2.05, 4.69) is 89.7 Å². The molecule has 0 spiro atoms. The van der Waals surface area contributed by atoms with Gasteiger partial charge in [-0.25, -0.2) is 9.78 Å². The summed E-state index contributed by atoms with van der Waals surface area (Å²) in [5.74, 6) is 1.27. The maximum atomic E-state index is 12.2. The molecule has 6 nitrogen and oxygen atoms in total. The number of carbonyl (C=O) groups excluding carboxylic acids is 1. The molecule has 0 unspecified atom stereocenters. The van der Waals surface area contributed by atoms with Crippen LogP contribution in [0.4, 0.5) is 10.5 Å². The summed E-state index contributed by atoms with van der Waals surface area (Å²) >= 11 is 0. The van der Waals surface area contributed by atoms with Gasteiger partial charge in [-0.3, -0.25) is 0 Å². The van der Waals surface area contributed by atoms with Gasteiger partial charge in [0.25, 0.3) is 0 Å². The first-order valence-corrected chi connectivity index (χ1v) is 14.0. The summed E-state index contributed by atoms with van der Waals surface area (Å²) in [5.41, 5.74) is 10.2. The van der Waals surface area contributed by atoms with Gasteiger partial charge in [0, 0.05) is 24.7 Å². The number of nitrogens with zero attached hydrogens (tertiary/aromatic N) is 2. The van der Waals surface area contributed by atoms with Crippen molar-refractivity contribution < 1.29 is 9.53 Å². The molecular formula is C33H36N4O2. The average Bonchev–Trinajstić information content (AvgIpc) is 3.71. The molecule has 1 saturated heterocycles. The van der Waals surface area contributed by atoms with Gasteiger partial charge in [-0.15, -0.1) is 0 Å². The summed E-state index contributed by atoms with van der Waals surface area (Å²) in [7, 11) is 1.42. The predicted molar refractivity (Wildman–Crippen MR) is 156 cm³/mol. The zero-order chi connectivity index (χ0) is 26.9. The van der Waals surface area contributed by atoms with E-state index in [1.54, 1.807) is 0 Å². The molecule has 1 aromatic heterocycles. The normalized spacial score (nSPS) is 16.7. The summed E-state index contributed by atoms with van der Waals surface area (Å²) in [4.78, 5) is 23.3. The number of carbonyl (C=O) groups is 1. The minimum atomic E-state index is -0.383. The van der Waals surface area contributed by atoms with Gasteiger partial charge >= 0.3 is 6.09 Å². The number of hydrogen-bond acceptors (Lipinski definition) is 4. The first-order chi connectivity index (χ1) is 19.0. The maximum absolute atomic E-state index is 12.2. The lowest BCUT2D eigenvalue weighted by atomic mass is 9.91. The van der Waals surface area contributed by atoms with E-state index in [-0.39, 0.29) is 24.1 Å². The molecule has 0 saturated carbocycles. The highest BCUT2D eigenvalue weighted by molar-refractivity contribution is 5.84. The number of ether oxygens (including phenoxy) is 1. The Morgan fingerprint density at radius 3 is 2.67 bits per heavy atom. The molecule has 2 heterocycles. The lowest BCUT2D eigenvalue weighted by Gasteiger charge is -2.32. The van der Waals surface area contributed by atoms with Crippen molar-refractivity contribution in [3.63, 3.8) is 0 Å². The molecule has 3 aromatic carbocycles. The molecule has 2 N–H and O–H groups in total.